The lowest BCUT2D eigenvalue weighted by molar-refractivity contribution is 0.378. The summed E-state index contributed by atoms with van der Waals surface area (Å²) < 4.78 is 10.7. The third-order valence-corrected chi connectivity index (χ3v) is 4.36. The number of nitrogens with zero attached hydrogens (tertiary/aromatic N) is 3. The van der Waals surface area contributed by atoms with E-state index >= 15 is 0 Å². The number of rotatable bonds is 8. The van der Waals surface area contributed by atoms with Gasteiger partial charge in [0.05, 0.1) is 13.7 Å². The molecule has 1 heterocycles. The van der Waals surface area contributed by atoms with Gasteiger partial charge in [-0.2, -0.15) is 4.98 Å². The number of para-hydroxylation sites is 1. The van der Waals surface area contributed by atoms with Crippen LogP contribution in [0.4, 0.5) is 0 Å². The minimum absolute atomic E-state index is 0.513. The molecular weight excluding hydrogens is 390 g/mol. The summed E-state index contributed by atoms with van der Waals surface area (Å²) in [6.07, 6.45) is 0.576. The van der Waals surface area contributed by atoms with Gasteiger partial charge < -0.3 is 19.9 Å². The third kappa shape index (κ3) is 5.96. The normalized spacial score (nSPS) is 11.3. The Morgan fingerprint density at radius 3 is 2.83 bits per heavy atom. The zero-order valence-corrected chi connectivity index (χ0v) is 17.2. The highest BCUT2D eigenvalue weighted by atomic mass is 35.5. The lowest BCUT2D eigenvalue weighted by Crippen LogP contribution is -2.38. The first-order valence-electron chi connectivity index (χ1n) is 9.42. The van der Waals surface area contributed by atoms with Crippen LogP contribution in [-0.2, 0) is 13.0 Å². The van der Waals surface area contributed by atoms with E-state index in [1.54, 1.807) is 7.11 Å². The van der Waals surface area contributed by atoms with E-state index in [1.165, 1.54) is 0 Å². The summed E-state index contributed by atoms with van der Waals surface area (Å²) in [6.45, 7) is 3.90. The molecule has 7 nitrogen and oxygen atoms in total. The number of benzene rings is 2. The van der Waals surface area contributed by atoms with Gasteiger partial charge in [0, 0.05) is 35.7 Å². The lowest BCUT2D eigenvalue weighted by atomic mass is 10.2. The third-order valence-electron chi connectivity index (χ3n) is 4.13. The average Bonchev–Trinajstić information content (AvgIpc) is 3.21. The molecule has 3 rings (SSSR count). The number of hydrogen-bond acceptors (Lipinski definition) is 5. The number of guanidine groups is 1. The van der Waals surface area contributed by atoms with Gasteiger partial charge in [-0.15, -0.1) is 0 Å². The summed E-state index contributed by atoms with van der Waals surface area (Å²) in [5, 5.41) is 11.2. The first-order valence-corrected chi connectivity index (χ1v) is 9.80. The molecule has 0 unspecified atom stereocenters. The SMILES string of the molecule is CCNC(=NCc1ccccc1OC)NCCc1nc(-c2cccc(Cl)c2)no1. The largest absolute Gasteiger partial charge is 0.496 e. The highest BCUT2D eigenvalue weighted by Crippen LogP contribution is 2.20. The van der Waals surface area contributed by atoms with Crippen molar-refractivity contribution in [2.45, 2.75) is 19.9 Å². The molecule has 3 aromatic rings. The van der Waals surface area contributed by atoms with Crippen molar-refractivity contribution < 1.29 is 9.26 Å². The highest BCUT2D eigenvalue weighted by molar-refractivity contribution is 6.30. The highest BCUT2D eigenvalue weighted by Gasteiger charge is 2.09. The Kier molecular flexibility index (Phi) is 7.47. The second-order valence-electron chi connectivity index (χ2n) is 6.21. The van der Waals surface area contributed by atoms with Crippen molar-refractivity contribution in [2.75, 3.05) is 20.2 Å². The van der Waals surface area contributed by atoms with E-state index in [4.69, 9.17) is 20.9 Å². The second kappa shape index (κ2) is 10.5. The zero-order chi connectivity index (χ0) is 20.5. The maximum absolute atomic E-state index is 6.02. The van der Waals surface area contributed by atoms with Crippen molar-refractivity contribution in [2.24, 2.45) is 4.99 Å². The van der Waals surface area contributed by atoms with E-state index in [1.807, 2.05) is 55.5 Å². The molecule has 0 saturated heterocycles. The molecule has 29 heavy (non-hydrogen) atoms. The molecule has 152 valence electrons. The fourth-order valence-electron chi connectivity index (χ4n) is 2.73. The van der Waals surface area contributed by atoms with E-state index in [0.717, 1.165) is 23.4 Å². The monoisotopic (exact) mass is 413 g/mol. The smallest absolute Gasteiger partial charge is 0.228 e. The molecule has 2 N–H and O–H groups in total. The average molecular weight is 414 g/mol. The van der Waals surface area contributed by atoms with Gasteiger partial charge >= 0.3 is 0 Å². The molecule has 0 aliphatic carbocycles. The van der Waals surface area contributed by atoms with Gasteiger partial charge in [-0.3, -0.25) is 0 Å². The molecule has 0 radical (unpaired) electrons. The Bertz CT molecular complexity index is 958. The van der Waals surface area contributed by atoms with E-state index in [2.05, 4.69) is 25.8 Å². The number of aromatic nitrogens is 2. The van der Waals surface area contributed by atoms with Crippen LogP contribution in [0, 0.1) is 0 Å². The minimum atomic E-state index is 0.513. The molecule has 8 heteroatoms. The van der Waals surface area contributed by atoms with Gasteiger partial charge in [0.15, 0.2) is 5.96 Å². The summed E-state index contributed by atoms with van der Waals surface area (Å²) in [6, 6.07) is 15.2. The predicted molar refractivity (Wildman–Crippen MR) is 114 cm³/mol. The summed E-state index contributed by atoms with van der Waals surface area (Å²) in [5.41, 5.74) is 1.85. The van der Waals surface area contributed by atoms with Crippen LogP contribution in [0.25, 0.3) is 11.4 Å². The van der Waals surface area contributed by atoms with Crippen molar-refractivity contribution in [1.29, 1.82) is 0 Å². The lowest BCUT2D eigenvalue weighted by Gasteiger charge is -2.11. The summed E-state index contributed by atoms with van der Waals surface area (Å²) >= 11 is 6.02. The molecule has 0 spiro atoms. The van der Waals surface area contributed by atoms with Gasteiger partial charge in [-0.25, -0.2) is 4.99 Å². The standard InChI is InChI=1S/C21H24ClN5O2/c1-3-23-21(25-14-16-7-4-5-10-18(16)28-2)24-12-11-19-26-20(27-29-19)15-8-6-9-17(22)13-15/h4-10,13H,3,11-12,14H2,1-2H3,(H2,23,24,25). The van der Waals surface area contributed by atoms with Gasteiger partial charge in [-0.05, 0) is 25.1 Å². The van der Waals surface area contributed by atoms with Crippen LogP contribution in [0.1, 0.15) is 18.4 Å². The maximum atomic E-state index is 6.02. The van der Waals surface area contributed by atoms with Gasteiger partial charge in [-0.1, -0.05) is 47.1 Å². The van der Waals surface area contributed by atoms with Crippen molar-refractivity contribution in [3.8, 4) is 17.1 Å². The van der Waals surface area contributed by atoms with E-state index in [0.29, 0.717) is 42.2 Å². The molecule has 0 aliphatic rings. The Hall–Kier alpha value is -3.06. The Labute approximate surface area is 175 Å². The Morgan fingerprint density at radius 2 is 2.03 bits per heavy atom. The first kappa shape index (κ1) is 20.7. The number of nitrogens with one attached hydrogen (secondary N) is 2. The van der Waals surface area contributed by atoms with Crippen LogP contribution in [0.2, 0.25) is 5.02 Å². The first-order chi connectivity index (χ1) is 14.2. The number of ether oxygens (including phenoxy) is 1. The fourth-order valence-corrected chi connectivity index (χ4v) is 2.92. The van der Waals surface area contributed by atoms with Gasteiger partial charge in [0.1, 0.15) is 5.75 Å². The molecule has 2 aromatic carbocycles. The van der Waals surface area contributed by atoms with Crippen LogP contribution in [0.15, 0.2) is 58.0 Å². The van der Waals surface area contributed by atoms with Crippen LogP contribution in [-0.4, -0.2) is 36.3 Å². The van der Waals surface area contributed by atoms with Crippen molar-refractivity contribution in [3.05, 3.63) is 65.0 Å². The van der Waals surface area contributed by atoms with Crippen LogP contribution in [0.3, 0.4) is 0 Å². The van der Waals surface area contributed by atoms with E-state index in [-0.39, 0.29) is 0 Å². The summed E-state index contributed by atoms with van der Waals surface area (Å²) in [5.74, 6) is 2.62. The minimum Gasteiger partial charge on any atom is -0.496 e. The van der Waals surface area contributed by atoms with Crippen molar-refractivity contribution in [3.63, 3.8) is 0 Å². The topological polar surface area (TPSA) is 84.6 Å². The Balaban J connectivity index is 1.57. The molecule has 0 fully saturated rings. The summed E-state index contributed by atoms with van der Waals surface area (Å²) in [7, 11) is 1.66. The summed E-state index contributed by atoms with van der Waals surface area (Å²) in [4.78, 5) is 9.05. The van der Waals surface area contributed by atoms with E-state index in [9.17, 15) is 0 Å². The molecule has 1 aromatic heterocycles. The molecule has 0 amide bonds. The molecule has 0 atom stereocenters. The number of halogens is 1. The molecule has 0 saturated carbocycles. The quantitative estimate of drug-likeness (QED) is 0.432. The van der Waals surface area contributed by atoms with E-state index < -0.39 is 0 Å². The predicted octanol–water partition coefficient (Wildman–Crippen LogP) is 3.70. The number of aliphatic imine (C=N–C) groups is 1. The molecular formula is C21H24ClN5O2. The van der Waals surface area contributed by atoms with Crippen molar-refractivity contribution >= 4 is 17.6 Å². The Morgan fingerprint density at radius 1 is 1.17 bits per heavy atom. The van der Waals surface area contributed by atoms with Crippen LogP contribution in [0.5, 0.6) is 5.75 Å². The number of hydrogen-bond donors (Lipinski definition) is 2. The number of methoxy groups -OCH3 is 1. The van der Waals surface area contributed by atoms with Crippen LogP contribution < -0.4 is 15.4 Å². The fraction of sp³-hybridized carbons (Fsp3) is 0.286. The zero-order valence-electron chi connectivity index (χ0n) is 16.5. The maximum Gasteiger partial charge on any atom is 0.228 e. The molecule has 0 aliphatic heterocycles. The second-order valence-corrected chi connectivity index (χ2v) is 6.64. The molecule has 0 bridgehead atoms. The van der Waals surface area contributed by atoms with Crippen LogP contribution >= 0.6 is 11.6 Å². The van der Waals surface area contributed by atoms with Gasteiger partial charge in [0.25, 0.3) is 0 Å². The van der Waals surface area contributed by atoms with Crippen molar-refractivity contribution in [1.82, 2.24) is 20.8 Å². The van der Waals surface area contributed by atoms with Gasteiger partial charge in [0.2, 0.25) is 11.7 Å².